The van der Waals surface area contributed by atoms with E-state index in [0.717, 1.165) is 16.7 Å². The van der Waals surface area contributed by atoms with Gasteiger partial charge in [-0.3, -0.25) is 4.79 Å². The molecule has 3 aromatic rings. The van der Waals surface area contributed by atoms with Crippen molar-refractivity contribution in [2.45, 2.75) is 25.5 Å². The second-order valence-corrected chi connectivity index (χ2v) is 7.61. The normalized spacial score (nSPS) is 12.9. The molecule has 0 heterocycles. The lowest BCUT2D eigenvalue weighted by atomic mass is 10.0. The van der Waals surface area contributed by atoms with Crippen LogP contribution in [0.1, 0.15) is 35.4 Å². The van der Waals surface area contributed by atoms with Crippen LogP contribution in [0.3, 0.4) is 0 Å². The Morgan fingerprint density at radius 1 is 1.03 bits per heavy atom. The molecule has 3 rings (SSSR count). The maximum absolute atomic E-state index is 12.5. The average molecular weight is 424 g/mol. The molecule has 0 aliphatic carbocycles. The number of hydrogen-bond donors (Lipinski definition) is 2. The molecule has 5 heteroatoms. The molecule has 2 atom stereocenters. The Kier molecular flexibility index (Phi) is 7.63. The van der Waals surface area contributed by atoms with E-state index in [0.29, 0.717) is 29.3 Å². The molecular weight excluding hydrogens is 398 g/mol. The fraction of sp³-hybridized carbons (Fsp3) is 0.240. The Morgan fingerprint density at radius 3 is 2.33 bits per heavy atom. The number of Topliss-reactive ketones (excluding diaryl/α,β-unsaturated/α-hetero) is 1. The Labute approximate surface area is 182 Å². The number of methoxy groups -OCH3 is 1. The SMILES string of the molecule is COc1ccc(-c2ccc(C(=O)CCNC(C)C(O)c3ccccc3)cc2)cc1Cl. The summed E-state index contributed by atoms with van der Waals surface area (Å²) in [7, 11) is 1.58. The van der Waals surface area contributed by atoms with Crippen molar-refractivity contribution in [2.75, 3.05) is 13.7 Å². The third kappa shape index (κ3) is 5.48. The first-order valence-electron chi connectivity index (χ1n) is 9.93. The Hall–Kier alpha value is -2.66. The summed E-state index contributed by atoms with van der Waals surface area (Å²) in [5.41, 5.74) is 3.47. The maximum Gasteiger partial charge on any atom is 0.164 e. The number of aliphatic hydroxyl groups excluding tert-OH is 1. The van der Waals surface area contributed by atoms with E-state index in [1.807, 2.05) is 79.7 Å². The van der Waals surface area contributed by atoms with Gasteiger partial charge in [-0.1, -0.05) is 72.3 Å². The van der Waals surface area contributed by atoms with Crippen molar-refractivity contribution >= 4 is 17.4 Å². The molecule has 156 valence electrons. The minimum absolute atomic E-state index is 0.0585. The number of aliphatic hydroxyl groups is 1. The second kappa shape index (κ2) is 10.4. The van der Waals surface area contributed by atoms with Gasteiger partial charge in [-0.05, 0) is 35.7 Å². The van der Waals surface area contributed by atoms with E-state index in [4.69, 9.17) is 16.3 Å². The Balaban J connectivity index is 1.54. The first-order valence-corrected chi connectivity index (χ1v) is 10.3. The third-order valence-electron chi connectivity index (χ3n) is 5.13. The van der Waals surface area contributed by atoms with Crippen molar-refractivity contribution in [1.82, 2.24) is 5.32 Å². The lowest BCUT2D eigenvalue weighted by Crippen LogP contribution is -2.33. The molecule has 0 saturated heterocycles. The van der Waals surface area contributed by atoms with Crippen molar-refractivity contribution in [1.29, 1.82) is 0 Å². The molecule has 0 radical (unpaired) electrons. The summed E-state index contributed by atoms with van der Waals surface area (Å²) in [5, 5.41) is 14.2. The van der Waals surface area contributed by atoms with E-state index in [9.17, 15) is 9.90 Å². The third-order valence-corrected chi connectivity index (χ3v) is 5.42. The monoisotopic (exact) mass is 423 g/mol. The number of halogens is 1. The van der Waals surface area contributed by atoms with E-state index in [-0.39, 0.29) is 11.8 Å². The molecule has 0 bridgehead atoms. The minimum Gasteiger partial charge on any atom is -0.495 e. The van der Waals surface area contributed by atoms with Crippen LogP contribution in [0, 0.1) is 0 Å². The number of benzene rings is 3. The van der Waals surface area contributed by atoms with Crippen molar-refractivity contribution in [3.63, 3.8) is 0 Å². The fourth-order valence-electron chi connectivity index (χ4n) is 3.30. The molecule has 0 aliphatic rings. The quantitative estimate of drug-likeness (QED) is 0.458. The maximum atomic E-state index is 12.5. The molecule has 30 heavy (non-hydrogen) atoms. The molecule has 2 unspecified atom stereocenters. The van der Waals surface area contributed by atoms with Gasteiger partial charge in [-0.25, -0.2) is 0 Å². The van der Waals surface area contributed by atoms with E-state index in [2.05, 4.69) is 5.32 Å². The summed E-state index contributed by atoms with van der Waals surface area (Å²) in [6.07, 6.45) is -0.253. The highest BCUT2D eigenvalue weighted by atomic mass is 35.5. The lowest BCUT2D eigenvalue weighted by molar-refractivity contribution is 0.0972. The van der Waals surface area contributed by atoms with Crippen LogP contribution >= 0.6 is 11.6 Å². The molecule has 0 aliphatic heterocycles. The van der Waals surface area contributed by atoms with Crippen LogP contribution < -0.4 is 10.1 Å². The number of carbonyl (C=O) groups excluding carboxylic acids is 1. The first kappa shape index (κ1) is 22.0. The van der Waals surface area contributed by atoms with Gasteiger partial charge < -0.3 is 15.2 Å². The highest BCUT2D eigenvalue weighted by molar-refractivity contribution is 6.32. The van der Waals surface area contributed by atoms with Crippen molar-refractivity contribution < 1.29 is 14.6 Å². The van der Waals surface area contributed by atoms with Gasteiger partial charge in [0, 0.05) is 24.6 Å². The lowest BCUT2D eigenvalue weighted by Gasteiger charge is -2.20. The van der Waals surface area contributed by atoms with Crippen LogP contribution in [0.2, 0.25) is 5.02 Å². The summed E-state index contributed by atoms with van der Waals surface area (Å²) in [5.74, 6) is 0.689. The number of ether oxygens (including phenoxy) is 1. The van der Waals surface area contributed by atoms with Crippen LogP contribution in [-0.2, 0) is 0 Å². The molecule has 0 spiro atoms. The number of hydrogen-bond acceptors (Lipinski definition) is 4. The fourth-order valence-corrected chi connectivity index (χ4v) is 3.56. The van der Waals surface area contributed by atoms with Crippen molar-refractivity contribution in [3.8, 4) is 16.9 Å². The van der Waals surface area contributed by atoms with Crippen molar-refractivity contribution in [2.24, 2.45) is 0 Å². The van der Waals surface area contributed by atoms with Gasteiger partial charge >= 0.3 is 0 Å². The minimum atomic E-state index is -0.614. The van der Waals surface area contributed by atoms with E-state index >= 15 is 0 Å². The van der Waals surface area contributed by atoms with Gasteiger partial charge in [0.2, 0.25) is 0 Å². The van der Waals surface area contributed by atoms with Crippen LogP contribution in [0.15, 0.2) is 72.8 Å². The summed E-state index contributed by atoms with van der Waals surface area (Å²) in [4.78, 5) is 12.5. The van der Waals surface area contributed by atoms with E-state index in [1.165, 1.54) is 0 Å². The van der Waals surface area contributed by atoms with Crippen LogP contribution in [-0.4, -0.2) is 30.6 Å². The Bertz CT molecular complexity index is 973. The van der Waals surface area contributed by atoms with Crippen molar-refractivity contribution in [3.05, 3.63) is 88.9 Å². The summed E-state index contributed by atoms with van der Waals surface area (Å²) < 4.78 is 5.18. The van der Waals surface area contributed by atoms with Gasteiger partial charge in [-0.2, -0.15) is 0 Å². The largest absolute Gasteiger partial charge is 0.495 e. The molecule has 4 nitrogen and oxygen atoms in total. The van der Waals surface area contributed by atoms with Crippen LogP contribution in [0.25, 0.3) is 11.1 Å². The molecule has 3 aromatic carbocycles. The Morgan fingerprint density at radius 2 is 1.70 bits per heavy atom. The number of nitrogens with one attached hydrogen (secondary N) is 1. The number of carbonyl (C=O) groups is 1. The zero-order valence-corrected chi connectivity index (χ0v) is 17.9. The number of rotatable bonds is 9. The summed E-state index contributed by atoms with van der Waals surface area (Å²) >= 11 is 6.20. The highest BCUT2D eigenvalue weighted by Crippen LogP contribution is 2.30. The van der Waals surface area contributed by atoms with Gasteiger partial charge in [0.25, 0.3) is 0 Å². The predicted octanol–water partition coefficient (Wildman–Crippen LogP) is 5.30. The van der Waals surface area contributed by atoms with Gasteiger partial charge in [0.15, 0.2) is 5.78 Å². The van der Waals surface area contributed by atoms with Gasteiger partial charge in [0.05, 0.1) is 18.2 Å². The van der Waals surface area contributed by atoms with Gasteiger partial charge in [-0.15, -0.1) is 0 Å². The standard InChI is InChI=1S/C25H26ClNO3/c1-17(25(29)20-6-4-3-5-7-20)27-15-14-23(28)19-10-8-18(9-11-19)21-12-13-24(30-2)22(26)16-21/h3-13,16-17,25,27,29H,14-15H2,1-2H3. The number of ketones is 1. The molecule has 0 aromatic heterocycles. The first-order chi connectivity index (χ1) is 14.5. The van der Waals surface area contributed by atoms with E-state index in [1.54, 1.807) is 7.11 Å². The van der Waals surface area contributed by atoms with Gasteiger partial charge in [0.1, 0.15) is 5.75 Å². The second-order valence-electron chi connectivity index (χ2n) is 7.20. The average Bonchev–Trinajstić information content (AvgIpc) is 2.79. The highest BCUT2D eigenvalue weighted by Gasteiger charge is 2.16. The zero-order chi connectivity index (χ0) is 21.5. The van der Waals surface area contributed by atoms with Crippen LogP contribution in [0.5, 0.6) is 5.75 Å². The summed E-state index contributed by atoms with van der Waals surface area (Å²) in [6.45, 7) is 2.41. The van der Waals surface area contributed by atoms with Crippen LogP contribution in [0.4, 0.5) is 0 Å². The molecule has 0 saturated carbocycles. The molecule has 0 amide bonds. The topological polar surface area (TPSA) is 58.6 Å². The molecular formula is C25H26ClNO3. The predicted molar refractivity (Wildman–Crippen MR) is 121 cm³/mol. The summed E-state index contributed by atoms with van der Waals surface area (Å²) in [6, 6.07) is 22.5. The smallest absolute Gasteiger partial charge is 0.164 e. The molecule has 0 fully saturated rings. The zero-order valence-electron chi connectivity index (χ0n) is 17.1. The van der Waals surface area contributed by atoms with E-state index < -0.39 is 6.10 Å². The molecule has 2 N–H and O–H groups in total.